The Hall–Kier alpha value is -3.12. The average Bonchev–Trinajstić information content (AvgIpc) is 3.09. The molecule has 3 rings (SSSR count). The van der Waals surface area contributed by atoms with Crippen molar-refractivity contribution >= 4 is 17.6 Å². The highest BCUT2D eigenvalue weighted by Crippen LogP contribution is 2.27. The van der Waals surface area contributed by atoms with Crippen LogP contribution in [0.15, 0.2) is 65.2 Å². The third kappa shape index (κ3) is 4.24. The van der Waals surface area contributed by atoms with Crippen LogP contribution in [0.4, 0.5) is 11.7 Å². The molecule has 1 atom stereocenters. The molecular weight excluding hydrogens is 316 g/mol. The number of hydrogen-bond donors (Lipinski definition) is 3. The first-order chi connectivity index (χ1) is 12.1. The second kappa shape index (κ2) is 7.63. The number of rotatable bonds is 6. The van der Waals surface area contributed by atoms with Gasteiger partial charge in [0.05, 0.1) is 12.2 Å². The van der Waals surface area contributed by atoms with Gasteiger partial charge in [0.15, 0.2) is 5.76 Å². The fraction of sp³-hybridized carbons (Fsp3) is 0.158. The molecule has 0 aliphatic carbocycles. The van der Waals surface area contributed by atoms with Crippen molar-refractivity contribution in [3.8, 4) is 11.3 Å². The lowest BCUT2D eigenvalue weighted by atomic mass is 10.1. The van der Waals surface area contributed by atoms with E-state index in [9.17, 15) is 4.79 Å². The zero-order valence-corrected chi connectivity index (χ0v) is 13.9. The number of nitrogens with two attached hydrogens (primary N) is 1. The Kier molecular flexibility index (Phi) is 5.11. The predicted molar refractivity (Wildman–Crippen MR) is 97.2 cm³/mol. The normalized spacial score (nSPS) is 11.8. The highest BCUT2D eigenvalue weighted by atomic mass is 16.4. The fourth-order valence-electron chi connectivity index (χ4n) is 2.36. The van der Waals surface area contributed by atoms with Crippen LogP contribution in [-0.2, 0) is 11.3 Å². The molecule has 0 aliphatic rings. The van der Waals surface area contributed by atoms with Crippen LogP contribution in [-0.4, -0.2) is 16.9 Å². The summed E-state index contributed by atoms with van der Waals surface area (Å²) in [5.74, 6) is 0.433. The molecule has 0 spiro atoms. The van der Waals surface area contributed by atoms with Gasteiger partial charge in [0.25, 0.3) is 6.01 Å². The number of aromatic nitrogens is 1. The van der Waals surface area contributed by atoms with Gasteiger partial charge in [0.2, 0.25) is 5.91 Å². The van der Waals surface area contributed by atoms with Gasteiger partial charge in [-0.25, -0.2) is 4.98 Å². The number of nitrogens with one attached hydrogen (secondary N) is 2. The van der Waals surface area contributed by atoms with E-state index in [0.717, 1.165) is 16.8 Å². The van der Waals surface area contributed by atoms with Crippen LogP contribution < -0.4 is 16.4 Å². The number of carbonyl (C=O) groups excluding carboxylic acids is 1. The minimum Gasteiger partial charge on any atom is -0.423 e. The summed E-state index contributed by atoms with van der Waals surface area (Å²) in [6.07, 6.45) is 1.66. The van der Waals surface area contributed by atoms with Gasteiger partial charge in [-0.15, -0.1) is 0 Å². The number of para-hydroxylation sites is 1. The summed E-state index contributed by atoms with van der Waals surface area (Å²) in [5.41, 5.74) is 8.28. The van der Waals surface area contributed by atoms with Crippen LogP contribution in [0.25, 0.3) is 11.3 Å². The molecule has 0 radical (unpaired) electrons. The van der Waals surface area contributed by atoms with Crippen LogP contribution in [0.3, 0.4) is 0 Å². The Bertz CT molecular complexity index is 843. The van der Waals surface area contributed by atoms with Gasteiger partial charge < -0.3 is 20.8 Å². The van der Waals surface area contributed by atoms with E-state index < -0.39 is 6.04 Å². The Morgan fingerprint density at radius 2 is 1.88 bits per heavy atom. The quantitative estimate of drug-likeness (QED) is 0.643. The van der Waals surface area contributed by atoms with Crippen molar-refractivity contribution < 1.29 is 9.21 Å². The number of amides is 1. The summed E-state index contributed by atoms with van der Waals surface area (Å²) in [6.45, 7) is 2.03. The number of carbonyl (C=O) groups is 1. The molecule has 0 saturated heterocycles. The topological polar surface area (TPSA) is 93.2 Å². The predicted octanol–water partition coefficient (Wildman–Crippen LogP) is 3.05. The first kappa shape index (κ1) is 16.7. The summed E-state index contributed by atoms with van der Waals surface area (Å²) in [4.78, 5) is 16.0. The van der Waals surface area contributed by atoms with E-state index in [1.54, 1.807) is 13.1 Å². The molecule has 0 bridgehead atoms. The lowest BCUT2D eigenvalue weighted by Gasteiger charge is -2.10. The molecule has 128 valence electrons. The lowest BCUT2D eigenvalue weighted by Crippen LogP contribution is -2.37. The van der Waals surface area contributed by atoms with E-state index in [2.05, 4.69) is 15.6 Å². The van der Waals surface area contributed by atoms with Gasteiger partial charge in [-0.05, 0) is 24.6 Å². The summed E-state index contributed by atoms with van der Waals surface area (Å²) < 4.78 is 5.81. The molecular formula is C19H20N4O2. The molecule has 6 heteroatoms. The molecule has 0 aliphatic heterocycles. The van der Waals surface area contributed by atoms with Crippen molar-refractivity contribution in [3.05, 3.63) is 66.4 Å². The fourth-order valence-corrected chi connectivity index (χ4v) is 2.36. The molecule has 1 aromatic heterocycles. The maximum absolute atomic E-state index is 11.7. The molecule has 1 unspecified atom stereocenters. The number of benzene rings is 2. The van der Waals surface area contributed by atoms with Crippen LogP contribution in [0.1, 0.15) is 12.5 Å². The van der Waals surface area contributed by atoms with Crippen LogP contribution in [0.2, 0.25) is 0 Å². The van der Waals surface area contributed by atoms with Crippen molar-refractivity contribution in [2.24, 2.45) is 5.73 Å². The third-order valence-corrected chi connectivity index (χ3v) is 3.68. The number of anilines is 2. The van der Waals surface area contributed by atoms with Crippen molar-refractivity contribution in [1.82, 2.24) is 10.3 Å². The minimum atomic E-state index is -0.542. The Balaban J connectivity index is 1.77. The van der Waals surface area contributed by atoms with Gasteiger partial charge in [0, 0.05) is 17.8 Å². The van der Waals surface area contributed by atoms with E-state index in [1.807, 2.05) is 54.6 Å². The molecule has 25 heavy (non-hydrogen) atoms. The van der Waals surface area contributed by atoms with Crippen LogP contribution >= 0.6 is 0 Å². The van der Waals surface area contributed by atoms with Gasteiger partial charge >= 0.3 is 0 Å². The summed E-state index contributed by atoms with van der Waals surface area (Å²) in [7, 11) is 0. The van der Waals surface area contributed by atoms with Crippen molar-refractivity contribution in [1.29, 1.82) is 0 Å². The molecule has 2 aromatic carbocycles. The Labute approximate surface area is 146 Å². The number of hydrogen-bond acceptors (Lipinski definition) is 5. The van der Waals surface area contributed by atoms with Gasteiger partial charge in [-0.3, -0.25) is 4.79 Å². The van der Waals surface area contributed by atoms with Gasteiger partial charge in [-0.1, -0.05) is 42.5 Å². The second-order valence-electron chi connectivity index (χ2n) is 5.68. The molecule has 0 saturated carbocycles. The van der Waals surface area contributed by atoms with Gasteiger partial charge in [0.1, 0.15) is 0 Å². The monoisotopic (exact) mass is 336 g/mol. The summed E-state index contributed by atoms with van der Waals surface area (Å²) in [5, 5.41) is 5.93. The smallest absolute Gasteiger partial charge is 0.299 e. The van der Waals surface area contributed by atoms with Crippen molar-refractivity contribution in [2.45, 2.75) is 19.5 Å². The first-order valence-electron chi connectivity index (χ1n) is 8.03. The average molecular weight is 336 g/mol. The summed E-state index contributed by atoms with van der Waals surface area (Å²) in [6, 6.07) is 17.2. The summed E-state index contributed by atoms with van der Waals surface area (Å²) >= 11 is 0. The molecule has 4 N–H and O–H groups in total. The molecule has 1 amide bonds. The first-order valence-corrected chi connectivity index (χ1v) is 8.03. The van der Waals surface area contributed by atoms with E-state index >= 15 is 0 Å². The zero-order valence-electron chi connectivity index (χ0n) is 13.9. The SMILES string of the molecule is CC(N)C(=O)NCc1ccccc1-c1cnc(Nc2ccccc2)o1. The van der Waals surface area contributed by atoms with Crippen molar-refractivity contribution in [2.75, 3.05) is 5.32 Å². The standard InChI is InChI=1S/C19H20N4O2/c1-13(20)18(24)21-11-14-7-5-6-10-16(14)17-12-22-19(25-17)23-15-8-3-2-4-9-15/h2-10,12-13H,11,20H2,1H3,(H,21,24)(H,22,23). The van der Waals surface area contributed by atoms with E-state index in [-0.39, 0.29) is 5.91 Å². The van der Waals surface area contributed by atoms with E-state index in [4.69, 9.17) is 10.2 Å². The minimum absolute atomic E-state index is 0.196. The van der Waals surface area contributed by atoms with Gasteiger partial charge in [-0.2, -0.15) is 0 Å². The molecule has 1 heterocycles. The Morgan fingerprint density at radius 1 is 1.16 bits per heavy atom. The second-order valence-corrected chi connectivity index (χ2v) is 5.68. The maximum atomic E-state index is 11.7. The highest BCUT2D eigenvalue weighted by molar-refractivity contribution is 5.81. The third-order valence-electron chi connectivity index (χ3n) is 3.68. The molecule has 6 nitrogen and oxygen atoms in total. The molecule has 0 fully saturated rings. The zero-order chi connectivity index (χ0) is 17.6. The van der Waals surface area contributed by atoms with E-state index in [0.29, 0.717) is 18.3 Å². The highest BCUT2D eigenvalue weighted by Gasteiger charge is 2.12. The Morgan fingerprint density at radius 3 is 2.64 bits per heavy atom. The molecule has 3 aromatic rings. The van der Waals surface area contributed by atoms with Crippen molar-refractivity contribution in [3.63, 3.8) is 0 Å². The number of oxazole rings is 1. The maximum Gasteiger partial charge on any atom is 0.299 e. The van der Waals surface area contributed by atoms with E-state index in [1.165, 1.54) is 0 Å². The largest absolute Gasteiger partial charge is 0.423 e. The van der Waals surface area contributed by atoms with Crippen LogP contribution in [0, 0.1) is 0 Å². The number of nitrogens with zero attached hydrogens (tertiary/aromatic N) is 1. The lowest BCUT2D eigenvalue weighted by molar-refractivity contribution is -0.122. The van der Waals surface area contributed by atoms with Crippen LogP contribution in [0.5, 0.6) is 0 Å².